The summed E-state index contributed by atoms with van der Waals surface area (Å²) in [7, 11) is 1.67. The van der Waals surface area contributed by atoms with Gasteiger partial charge >= 0.3 is 0 Å². The molecule has 0 bridgehead atoms. The highest BCUT2D eigenvalue weighted by atomic mass is 16.5. The highest BCUT2D eigenvalue weighted by Gasteiger charge is 2.34. The number of aryl methyl sites for hydroxylation is 1. The molecule has 1 saturated carbocycles. The van der Waals surface area contributed by atoms with Crippen LogP contribution in [-0.4, -0.2) is 54.9 Å². The first kappa shape index (κ1) is 18.7. The summed E-state index contributed by atoms with van der Waals surface area (Å²) in [5.74, 6) is 1.71. The molecular formula is C21H30N2O3. The summed E-state index contributed by atoms with van der Waals surface area (Å²) >= 11 is 0. The van der Waals surface area contributed by atoms with E-state index in [1.807, 2.05) is 28.9 Å². The van der Waals surface area contributed by atoms with Gasteiger partial charge in [-0.1, -0.05) is 13.8 Å². The minimum atomic E-state index is 0.0628. The maximum Gasteiger partial charge on any atom is 0.254 e. The molecule has 1 heterocycles. The van der Waals surface area contributed by atoms with E-state index in [1.54, 1.807) is 7.11 Å². The molecule has 2 aliphatic rings. The van der Waals surface area contributed by atoms with Crippen LogP contribution in [0.2, 0.25) is 0 Å². The molecule has 1 aromatic rings. The lowest BCUT2D eigenvalue weighted by molar-refractivity contribution is -0.132. The average molecular weight is 358 g/mol. The molecule has 0 unspecified atom stereocenters. The van der Waals surface area contributed by atoms with E-state index in [4.69, 9.17) is 4.74 Å². The van der Waals surface area contributed by atoms with Crippen LogP contribution in [0.5, 0.6) is 5.75 Å². The number of rotatable bonds is 4. The third kappa shape index (κ3) is 3.87. The molecule has 0 atom stereocenters. The fourth-order valence-corrected chi connectivity index (χ4v) is 3.66. The SMILES string of the molecule is COc1cc(C)c(C(=O)N2CCCN(C(=O)C3CC3)CC2)cc1C(C)C. The summed E-state index contributed by atoms with van der Waals surface area (Å²) in [5.41, 5.74) is 2.74. The van der Waals surface area contributed by atoms with E-state index in [9.17, 15) is 9.59 Å². The second-order valence-electron chi connectivity index (χ2n) is 7.81. The van der Waals surface area contributed by atoms with Gasteiger partial charge < -0.3 is 14.5 Å². The first-order valence-electron chi connectivity index (χ1n) is 9.69. The molecule has 142 valence electrons. The van der Waals surface area contributed by atoms with Crippen LogP contribution < -0.4 is 4.74 Å². The highest BCUT2D eigenvalue weighted by molar-refractivity contribution is 5.96. The molecule has 5 nitrogen and oxygen atoms in total. The fraction of sp³-hybridized carbons (Fsp3) is 0.619. The molecular weight excluding hydrogens is 328 g/mol. The van der Waals surface area contributed by atoms with Crippen molar-refractivity contribution in [3.63, 3.8) is 0 Å². The summed E-state index contributed by atoms with van der Waals surface area (Å²) < 4.78 is 5.49. The molecule has 1 saturated heterocycles. The Kier molecular flexibility index (Phi) is 5.54. The van der Waals surface area contributed by atoms with Gasteiger partial charge in [-0.25, -0.2) is 0 Å². The highest BCUT2D eigenvalue weighted by Crippen LogP contribution is 2.32. The van der Waals surface area contributed by atoms with E-state index < -0.39 is 0 Å². The molecule has 2 amide bonds. The Labute approximate surface area is 156 Å². The maximum atomic E-state index is 13.2. The van der Waals surface area contributed by atoms with Gasteiger partial charge in [0, 0.05) is 37.7 Å². The fourth-order valence-electron chi connectivity index (χ4n) is 3.66. The van der Waals surface area contributed by atoms with Crippen LogP contribution in [0.4, 0.5) is 0 Å². The van der Waals surface area contributed by atoms with E-state index in [-0.39, 0.29) is 23.7 Å². The number of benzene rings is 1. The third-order valence-electron chi connectivity index (χ3n) is 5.45. The molecule has 26 heavy (non-hydrogen) atoms. The Balaban J connectivity index is 1.76. The number of hydrogen-bond donors (Lipinski definition) is 0. The molecule has 5 heteroatoms. The zero-order valence-corrected chi connectivity index (χ0v) is 16.4. The van der Waals surface area contributed by atoms with E-state index in [2.05, 4.69) is 13.8 Å². The number of nitrogens with zero attached hydrogens (tertiary/aromatic N) is 2. The zero-order chi connectivity index (χ0) is 18.8. The lowest BCUT2D eigenvalue weighted by Gasteiger charge is -2.24. The molecule has 1 aliphatic heterocycles. The number of carbonyl (C=O) groups is 2. The Morgan fingerprint density at radius 1 is 1.08 bits per heavy atom. The van der Waals surface area contributed by atoms with Gasteiger partial charge in [0.2, 0.25) is 5.91 Å². The van der Waals surface area contributed by atoms with E-state index in [0.29, 0.717) is 19.6 Å². The quantitative estimate of drug-likeness (QED) is 0.830. The number of hydrogen-bond acceptors (Lipinski definition) is 3. The molecule has 3 rings (SSSR count). The Hall–Kier alpha value is -2.04. The van der Waals surface area contributed by atoms with E-state index >= 15 is 0 Å². The van der Waals surface area contributed by atoms with Gasteiger partial charge in [-0.15, -0.1) is 0 Å². The van der Waals surface area contributed by atoms with Gasteiger partial charge in [-0.2, -0.15) is 0 Å². The van der Waals surface area contributed by atoms with Gasteiger partial charge in [0.25, 0.3) is 5.91 Å². The largest absolute Gasteiger partial charge is 0.496 e. The summed E-state index contributed by atoms with van der Waals surface area (Å²) in [6.07, 6.45) is 2.90. The minimum Gasteiger partial charge on any atom is -0.496 e. The van der Waals surface area contributed by atoms with Crippen LogP contribution >= 0.6 is 0 Å². The van der Waals surface area contributed by atoms with Crippen molar-refractivity contribution in [2.24, 2.45) is 5.92 Å². The smallest absolute Gasteiger partial charge is 0.254 e. The number of ether oxygens (including phenoxy) is 1. The van der Waals surface area contributed by atoms with Crippen molar-refractivity contribution < 1.29 is 14.3 Å². The van der Waals surface area contributed by atoms with Gasteiger partial charge in [-0.3, -0.25) is 9.59 Å². The van der Waals surface area contributed by atoms with Gasteiger partial charge in [0.05, 0.1) is 7.11 Å². The normalized spacial score (nSPS) is 18.0. The zero-order valence-electron chi connectivity index (χ0n) is 16.4. The summed E-state index contributed by atoms with van der Waals surface area (Å²) in [5, 5.41) is 0. The Bertz CT molecular complexity index is 695. The van der Waals surface area contributed by atoms with Crippen LogP contribution in [0.15, 0.2) is 12.1 Å². The van der Waals surface area contributed by atoms with Gasteiger partial charge in [0.1, 0.15) is 5.75 Å². The van der Waals surface area contributed by atoms with Crippen molar-refractivity contribution in [1.82, 2.24) is 9.80 Å². The Morgan fingerprint density at radius 3 is 2.35 bits per heavy atom. The number of methoxy groups -OCH3 is 1. The second kappa shape index (κ2) is 7.68. The maximum absolute atomic E-state index is 13.2. The molecule has 1 aromatic carbocycles. The second-order valence-corrected chi connectivity index (χ2v) is 7.81. The van der Waals surface area contributed by atoms with Crippen LogP contribution in [0.3, 0.4) is 0 Å². The monoisotopic (exact) mass is 358 g/mol. The summed E-state index contributed by atoms with van der Waals surface area (Å²) in [4.78, 5) is 29.3. The first-order valence-corrected chi connectivity index (χ1v) is 9.69. The lowest BCUT2D eigenvalue weighted by atomic mass is 9.95. The molecule has 0 spiro atoms. The molecule has 0 aromatic heterocycles. The molecule has 1 aliphatic carbocycles. The van der Waals surface area contributed by atoms with Crippen molar-refractivity contribution in [3.05, 3.63) is 28.8 Å². The Morgan fingerprint density at radius 2 is 1.73 bits per heavy atom. The lowest BCUT2D eigenvalue weighted by Crippen LogP contribution is -2.38. The van der Waals surface area contributed by atoms with Crippen LogP contribution in [-0.2, 0) is 4.79 Å². The van der Waals surface area contributed by atoms with Crippen molar-refractivity contribution in [2.75, 3.05) is 33.3 Å². The summed E-state index contributed by atoms with van der Waals surface area (Å²) in [6, 6.07) is 3.95. The van der Waals surface area contributed by atoms with Crippen LogP contribution in [0.25, 0.3) is 0 Å². The van der Waals surface area contributed by atoms with Crippen LogP contribution in [0, 0.1) is 12.8 Å². The van der Waals surface area contributed by atoms with Gasteiger partial charge in [-0.05, 0) is 55.4 Å². The predicted molar refractivity (Wildman–Crippen MR) is 102 cm³/mol. The standard InChI is InChI=1S/C21H30N2O3/c1-14(2)17-13-18(15(3)12-19(17)26-4)21(25)23-9-5-8-22(10-11-23)20(24)16-6-7-16/h12-14,16H,5-11H2,1-4H3. The van der Waals surface area contributed by atoms with Crippen molar-refractivity contribution in [3.8, 4) is 5.75 Å². The van der Waals surface area contributed by atoms with Gasteiger partial charge in [0.15, 0.2) is 0 Å². The van der Waals surface area contributed by atoms with E-state index in [0.717, 1.165) is 48.2 Å². The van der Waals surface area contributed by atoms with Crippen molar-refractivity contribution in [1.29, 1.82) is 0 Å². The molecule has 0 radical (unpaired) electrons. The minimum absolute atomic E-state index is 0.0628. The first-order chi connectivity index (χ1) is 12.4. The van der Waals surface area contributed by atoms with E-state index in [1.165, 1.54) is 0 Å². The summed E-state index contributed by atoms with van der Waals surface area (Å²) in [6.45, 7) is 8.89. The van der Waals surface area contributed by atoms with Crippen molar-refractivity contribution in [2.45, 2.75) is 46.0 Å². The number of amides is 2. The molecule has 2 fully saturated rings. The third-order valence-corrected chi connectivity index (χ3v) is 5.45. The predicted octanol–water partition coefficient (Wildman–Crippen LogP) is 3.21. The average Bonchev–Trinajstić information content (AvgIpc) is 3.46. The molecule has 0 N–H and O–H groups in total. The van der Waals surface area contributed by atoms with Crippen LogP contribution in [0.1, 0.15) is 60.5 Å². The van der Waals surface area contributed by atoms with Crippen molar-refractivity contribution >= 4 is 11.8 Å². The number of carbonyl (C=O) groups excluding carboxylic acids is 2. The topological polar surface area (TPSA) is 49.9 Å².